The van der Waals surface area contributed by atoms with Gasteiger partial charge in [0, 0.05) is 18.1 Å². The van der Waals surface area contributed by atoms with Crippen LogP contribution in [0.3, 0.4) is 0 Å². The van der Waals surface area contributed by atoms with E-state index in [1.54, 1.807) is 4.90 Å². The normalized spacial score (nSPS) is 38.1. The molecule has 0 N–H and O–H groups in total. The Bertz CT molecular complexity index is 810. The van der Waals surface area contributed by atoms with Gasteiger partial charge in [-0.2, -0.15) is 5.26 Å². The van der Waals surface area contributed by atoms with Crippen LogP contribution in [0.1, 0.15) is 43.7 Å². The van der Waals surface area contributed by atoms with Gasteiger partial charge in [-0.1, -0.05) is 0 Å². The van der Waals surface area contributed by atoms with Crippen molar-refractivity contribution in [3.63, 3.8) is 0 Å². The third-order valence-electron chi connectivity index (χ3n) is 6.33. The van der Waals surface area contributed by atoms with Crippen molar-refractivity contribution in [3.8, 4) is 11.8 Å². The van der Waals surface area contributed by atoms with E-state index in [9.17, 15) is 18.8 Å². The number of hydrogen-bond acceptors (Lipinski definition) is 3. The van der Waals surface area contributed by atoms with Crippen LogP contribution in [0.15, 0.2) is 12.1 Å². The van der Waals surface area contributed by atoms with Crippen LogP contribution in [-0.4, -0.2) is 23.5 Å². The summed E-state index contributed by atoms with van der Waals surface area (Å²) in [5.41, 5.74) is -0.342. The summed E-state index contributed by atoms with van der Waals surface area (Å²) in [5, 5.41) is 9.29. The Labute approximate surface area is 138 Å². The highest BCUT2D eigenvalue weighted by Gasteiger charge is 2.66. The molecule has 0 unspecified atom stereocenters. The maximum absolute atomic E-state index is 14.0. The number of carbonyl (C=O) groups is 1. The number of halogens is 2. The quantitative estimate of drug-likeness (QED) is 0.795. The first kappa shape index (κ1) is 14.2. The molecule has 2 heterocycles. The summed E-state index contributed by atoms with van der Waals surface area (Å²) in [6.45, 7) is 0.403. The number of benzene rings is 1. The fourth-order valence-corrected chi connectivity index (χ4v) is 5.29. The van der Waals surface area contributed by atoms with Crippen LogP contribution < -0.4 is 4.74 Å². The molecule has 0 spiro atoms. The lowest BCUT2D eigenvalue weighted by molar-refractivity contribution is -0.149. The van der Waals surface area contributed by atoms with E-state index in [2.05, 4.69) is 6.07 Å². The Kier molecular flexibility index (Phi) is 2.53. The predicted octanol–water partition coefficient (Wildman–Crippen LogP) is 3.08. The number of carbonyl (C=O) groups excluding carboxylic acids is 1. The molecule has 4 fully saturated rings. The molecule has 3 saturated carbocycles. The van der Waals surface area contributed by atoms with Gasteiger partial charge in [-0.05, 0) is 31.7 Å². The highest BCUT2D eigenvalue weighted by Crippen LogP contribution is 2.68. The van der Waals surface area contributed by atoms with Crippen molar-refractivity contribution in [1.29, 1.82) is 5.26 Å². The van der Waals surface area contributed by atoms with E-state index in [0.717, 1.165) is 18.9 Å². The van der Waals surface area contributed by atoms with Crippen LogP contribution in [0.2, 0.25) is 0 Å². The van der Waals surface area contributed by atoms with Gasteiger partial charge in [0.1, 0.15) is 11.9 Å². The summed E-state index contributed by atoms with van der Waals surface area (Å²) in [6, 6.07) is 4.12. The molecule has 0 aromatic heterocycles. The van der Waals surface area contributed by atoms with E-state index in [4.69, 9.17) is 4.74 Å². The minimum Gasteiger partial charge on any atom is -0.485 e. The third kappa shape index (κ3) is 1.62. The van der Waals surface area contributed by atoms with Crippen LogP contribution in [0.4, 0.5) is 8.78 Å². The minimum atomic E-state index is -0.708. The van der Waals surface area contributed by atoms with Gasteiger partial charge in [0.2, 0.25) is 5.91 Å². The van der Waals surface area contributed by atoms with E-state index >= 15 is 0 Å². The zero-order chi connectivity index (χ0) is 16.7. The number of ether oxygens (including phenoxy) is 1. The van der Waals surface area contributed by atoms with Crippen molar-refractivity contribution < 1.29 is 18.3 Å². The highest BCUT2D eigenvalue weighted by atomic mass is 19.1. The van der Waals surface area contributed by atoms with Gasteiger partial charge in [0.15, 0.2) is 11.6 Å². The Morgan fingerprint density at radius 3 is 2.83 bits per heavy atom. The van der Waals surface area contributed by atoms with Crippen LogP contribution in [0.25, 0.3) is 0 Å². The maximum Gasteiger partial charge on any atom is 0.229 e. The number of rotatable bonds is 1. The molecule has 6 rings (SSSR count). The van der Waals surface area contributed by atoms with E-state index in [0.29, 0.717) is 31.4 Å². The summed E-state index contributed by atoms with van der Waals surface area (Å²) in [6.07, 6.45) is 3.07. The summed E-state index contributed by atoms with van der Waals surface area (Å²) >= 11 is 0. The van der Waals surface area contributed by atoms with E-state index in [1.165, 1.54) is 6.07 Å². The zero-order valence-corrected chi connectivity index (χ0v) is 13.0. The second kappa shape index (κ2) is 4.27. The molecule has 24 heavy (non-hydrogen) atoms. The van der Waals surface area contributed by atoms with Gasteiger partial charge >= 0.3 is 0 Å². The van der Waals surface area contributed by atoms with Crippen LogP contribution in [-0.2, 0) is 4.79 Å². The minimum absolute atomic E-state index is 0.0273. The molecular formula is C18H16F2N2O2. The van der Waals surface area contributed by atoms with Crippen LogP contribution in [0.5, 0.6) is 5.75 Å². The first-order chi connectivity index (χ1) is 11.5. The average Bonchev–Trinajstić information content (AvgIpc) is 3.18. The number of nitrogens with zero attached hydrogens (tertiary/aromatic N) is 2. The number of amides is 1. The molecular weight excluding hydrogens is 314 g/mol. The van der Waals surface area contributed by atoms with Gasteiger partial charge in [-0.15, -0.1) is 0 Å². The number of likely N-dealkylation sites (tertiary alicyclic amines) is 1. The first-order valence-corrected chi connectivity index (χ1v) is 8.33. The Morgan fingerprint density at radius 1 is 1.33 bits per heavy atom. The number of nitriles is 1. The molecule has 2 atom stereocenters. The van der Waals surface area contributed by atoms with E-state index < -0.39 is 17.0 Å². The molecule has 124 valence electrons. The highest BCUT2D eigenvalue weighted by molar-refractivity contribution is 5.86. The van der Waals surface area contributed by atoms with Crippen molar-refractivity contribution in [2.24, 2.45) is 10.8 Å². The van der Waals surface area contributed by atoms with Crippen molar-refractivity contribution in [1.82, 2.24) is 4.90 Å². The third-order valence-corrected chi connectivity index (χ3v) is 6.33. The second-order valence-electron chi connectivity index (χ2n) is 7.78. The summed E-state index contributed by atoms with van der Waals surface area (Å²) in [4.78, 5) is 14.9. The average molecular weight is 330 g/mol. The zero-order valence-electron chi connectivity index (χ0n) is 13.0. The van der Waals surface area contributed by atoms with Crippen molar-refractivity contribution in [2.45, 2.75) is 44.2 Å². The van der Waals surface area contributed by atoms with Gasteiger partial charge in [0.05, 0.1) is 29.5 Å². The molecule has 1 saturated heterocycles. The summed E-state index contributed by atoms with van der Waals surface area (Å²) in [5.74, 6) is -1.25. The lowest BCUT2D eigenvalue weighted by Gasteiger charge is -2.44. The fraction of sp³-hybridized carbons (Fsp3) is 0.556. The molecule has 1 aromatic rings. The topological polar surface area (TPSA) is 53.3 Å². The van der Waals surface area contributed by atoms with E-state index in [-0.39, 0.29) is 29.2 Å². The Morgan fingerprint density at radius 2 is 2.12 bits per heavy atom. The van der Waals surface area contributed by atoms with Crippen LogP contribution >= 0.6 is 0 Å². The molecule has 4 bridgehead atoms. The van der Waals surface area contributed by atoms with Crippen molar-refractivity contribution >= 4 is 5.91 Å². The van der Waals surface area contributed by atoms with Gasteiger partial charge in [-0.25, -0.2) is 8.78 Å². The lowest BCUT2D eigenvalue weighted by atomic mass is 9.60. The maximum atomic E-state index is 14.0. The Hall–Kier alpha value is -2.16. The fourth-order valence-electron chi connectivity index (χ4n) is 5.29. The molecule has 2 aliphatic heterocycles. The SMILES string of the molecule is N#CC12CCC(C(=O)N3C[C@@H]4C[C@H]3c3cc(F)cc(F)c3O4)(C1)C2. The molecule has 6 heteroatoms. The number of hydrogen-bond donors (Lipinski definition) is 0. The monoisotopic (exact) mass is 330 g/mol. The first-order valence-electron chi connectivity index (χ1n) is 8.33. The molecule has 3 aliphatic carbocycles. The molecule has 5 aliphatic rings. The van der Waals surface area contributed by atoms with Crippen molar-refractivity contribution in [2.75, 3.05) is 6.54 Å². The predicted molar refractivity (Wildman–Crippen MR) is 78.8 cm³/mol. The second-order valence-corrected chi connectivity index (χ2v) is 7.78. The summed E-state index contributed by atoms with van der Waals surface area (Å²) in [7, 11) is 0. The molecule has 1 amide bonds. The van der Waals surface area contributed by atoms with Crippen molar-refractivity contribution in [3.05, 3.63) is 29.3 Å². The molecule has 4 nitrogen and oxygen atoms in total. The summed E-state index contributed by atoms with van der Waals surface area (Å²) < 4.78 is 33.3. The Balaban J connectivity index is 1.49. The van der Waals surface area contributed by atoms with Gasteiger partial charge in [0.25, 0.3) is 0 Å². The van der Waals surface area contributed by atoms with E-state index in [1.807, 2.05) is 0 Å². The number of fused-ring (bicyclic) bond motifs is 5. The molecule has 0 radical (unpaired) electrons. The van der Waals surface area contributed by atoms with Crippen LogP contribution in [0, 0.1) is 33.8 Å². The van der Waals surface area contributed by atoms with Gasteiger partial charge in [-0.3, -0.25) is 4.79 Å². The lowest BCUT2D eigenvalue weighted by Crippen LogP contribution is -2.49. The van der Waals surface area contributed by atoms with Gasteiger partial charge < -0.3 is 9.64 Å². The largest absolute Gasteiger partial charge is 0.485 e. The smallest absolute Gasteiger partial charge is 0.229 e. The molecule has 1 aromatic carbocycles. The standard InChI is InChI=1S/C18H16F2N2O2/c19-10-3-12-14-5-11(24-15(12)13(20)4-10)6-22(14)16(23)18-2-1-17(7-18,8-18)9-21/h3-4,11,14H,1-2,5-8H2/t11-,14-,17?,18?/m0/s1.